The van der Waals surface area contributed by atoms with E-state index in [0.29, 0.717) is 51.8 Å². The van der Waals surface area contributed by atoms with E-state index in [2.05, 4.69) is 19.2 Å². The standard InChI is InChI=1S/C52H74N4O14/c1-28-43-31(17-20-37(58)65-10)48(3,4)35(54-43)25-34-30(16-19-36(57)64-9)50(6,26-41(62)69-14)46(53-34)29(2)44-32(18-21-38(59)66-11)51(7,27-42(63)70-15)52(8,56-44)47-33(24-40(61)68-13)49(5,45(28)55-47)23-22-39(60)67-12/h25,30-33,47,53H,16-24,26-27H2,1-15H3/b34-25-,43-28-,46-29-/t30-,31-,32-,33+,47-,49-,50+,51+,52+/m1/s1/i1+1,2+1,3+1,5+1,8+1/t30-,31-,32-,33+,47-,48+,49-,50+,51+,52+. The molecular formula is C52H74N4O14. The predicted molar refractivity (Wildman–Crippen MR) is 258 cm³/mol. The van der Waals surface area contributed by atoms with E-state index in [1.807, 2.05) is 47.6 Å². The third kappa shape index (κ3) is 9.97. The van der Waals surface area contributed by atoms with Gasteiger partial charge in [0.2, 0.25) is 0 Å². The lowest BCUT2D eigenvalue weighted by Crippen LogP contribution is -2.55. The molecule has 18 heteroatoms. The second-order valence-corrected chi connectivity index (χ2v) is 20.7. The van der Waals surface area contributed by atoms with Crippen LogP contribution in [-0.4, -0.2) is 120 Å². The number of carbonyl (C=O) groups is 7. The fourth-order valence-electron chi connectivity index (χ4n) is 12.3. The number of nitrogens with one attached hydrogen (secondary N) is 1. The first-order valence-corrected chi connectivity index (χ1v) is 24.0. The number of ether oxygens (including phenoxy) is 7. The average molecular weight is 984 g/mol. The first-order valence-electron chi connectivity index (χ1n) is 24.0. The van der Waals surface area contributed by atoms with Crippen LogP contribution in [0.5, 0.6) is 0 Å². The first-order chi connectivity index (χ1) is 32.8. The third-order valence-electron chi connectivity index (χ3n) is 16.8. The largest absolute Gasteiger partial charge is 0.469 e. The molecule has 1 fully saturated rings. The zero-order valence-electron chi connectivity index (χ0n) is 43.8. The number of nitrogens with zero attached hydrogens (tertiary/aromatic N) is 3. The third-order valence-corrected chi connectivity index (χ3v) is 16.8. The van der Waals surface area contributed by atoms with Crippen molar-refractivity contribution in [1.82, 2.24) is 5.32 Å². The van der Waals surface area contributed by atoms with Crippen molar-refractivity contribution in [3.05, 3.63) is 34.3 Å². The van der Waals surface area contributed by atoms with E-state index < -0.39 is 98.7 Å². The summed E-state index contributed by atoms with van der Waals surface area (Å²) >= 11 is 0. The topological polar surface area (TPSA) is 233 Å². The zero-order chi connectivity index (χ0) is 52.3. The highest BCUT2D eigenvalue weighted by Crippen LogP contribution is 2.62. The van der Waals surface area contributed by atoms with Gasteiger partial charge >= 0.3 is 41.8 Å². The van der Waals surface area contributed by atoms with Crippen molar-refractivity contribution >= 4 is 58.9 Å². The molecule has 386 valence electrons. The fourth-order valence-corrected chi connectivity index (χ4v) is 12.3. The smallest absolute Gasteiger partial charge is 0.306 e. The van der Waals surface area contributed by atoms with Crippen molar-refractivity contribution in [1.29, 1.82) is 0 Å². The van der Waals surface area contributed by atoms with Crippen LogP contribution in [0.1, 0.15) is 126 Å². The number of allylic oxidation sites excluding steroid dienone is 6. The van der Waals surface area contributed by atoms with Crippen molar-refractivity contribution in [2.45, 2.75) is 138 Å². The van der Waals surface area contributed by atoms with E-state index in [4.69, 9.17) is 48.1 Å². The summed E-state index contributed by atoms with van der Waals surface area (Å²) in [6, 6.07) is -0.888. The lowest BCUT2D eigenvalue weighted by Gasteiger charge is -2.48. The number of carbonyl (C=O) groups excluding carboxylic acids is 7. The summed E-state index contributed by atoms with van der Waals surface area (Å²) in [6.45, 7) is 15.7. The van der Waals surface area contributed by atoms with Gasteiger partial charge in [-0.25, -0.2) is 0 Å². The van der Waals surface area contributed by atoms with Crippen molar-refractivity contribution in [3.63, 3.8) is 0 Å². The molecule has 70 heavy (non-hydrogen) atoms. The first kappa shape index (κ1) is 55.2. The van der Waals surface area contributed by atoms with Crippen LogP contribution in [0.15, 0.2) is 49.3 Å². The van der Waals surface area contributed by atoms with Crippen LogP contribution in [0.2, 0.25) is 0 Å². The molecular weight excluding hydrogens is 910 g/mol. The molecule has 0 unspecified atom stereocenters. The second-order valence-electron chi connectivity index (χ2n) is 20.7. The SMILES string of the molecule is COC(=O)CC[C@@H]1/C2=C(\[13CH3])C3=N[C@H]([C@H](CC(=O)OC)[C@@]3([13CH3])CCC(=O)OC)[C@]3([13CH3])N=C(/C([13CH3])=C4\N/C(=C\C(=N2)[C@]1(C)[13CH3])[C@@H](CCC(=O)OC)[C@]4(C)CC(=O)OC)[C@@H](CCC(=O)OC)[C@]3(C)CC(=O)OC. The predicted octanol–water partition coefficient (Wildman–Crippen LogP) is 6.54. The molecule has 5 heterocycles. The molecule has 0 aliphatic carbocycles. The summed E-state index contributed by atoms with van der Waals surface area (Å²) in [5.74, 6) is -5.67. The molecule has 0 aromatic heterocycles. The van der Waals surface area contributed by atoms with E-state index in [9.17, 15) is 33.6 Å². The van der Waals surface area contributed by atoms with Crippen LogP contribution in [0.25, 0.3) is 0 Å². The van der Waals surface area contributed by atoms with E-state index >= 15 is 0 Å². The average Bonchev–Trinajstić information content (AvgIpc) is 3.95. The van der Waals surface area contributed by atoms with E-state index in [0.717, 1.165) is 0 Å². The maximum atomic E-state index is 14.0. The summed E-state index contributed by atoms with van der Waals surface area (Å²) in [4.78, 5) is 111. The van der Waals surface area contributed by atoms with Gasteiger partial charge in [0.1, 0.15) is 0 Å². The number of methoxy groups -OCH3 is 7. The number of hydrogen-bond acceptors (Lipinski definition) is 18. The minimum atomic E-state index is -1.37. The quantitative estimate of drug-likeness (QED) is 0.0873. The Morgan fingerprint density at radius 1 is 0.586 bits per heavy atom. The Balaban J connectivity index is 2.05. The highest BCUT2D eigenvalue weighted by molar-refractivity contribution is 6.10. The summed E-state index contributed by atoms with van der Waals surface area (Å²) in [5, 5.41) is 3.73. The molecule has 5 aliphatic rings. The minimum Gasteiger partial charge on any atom is -0.469 e. The highest BCUT2D eigenvalue weighted by atomic mass is 16.5. The molecule has 5 rings (SSSR count). The van der Waals surface area contributed by atoms with Gasteiger partial charge in [0.25, 0.3) is 0 Å². The highest BCUT2D eigenvalue weighted by Gasteiger charge is 2.66. The molecule has 8 bridgehead atoms. The molecule has 10 atom stereocenters. The monoisotopic (exact) mass is 984 g/mol. The van der Waals surface area contributed by atoms with Crippen LogP contribution in [0.4, 0.5) is 0 Å². The second kappa shape index (κ2) is 21.4. The van der Waals surface area contributed by atoms with Gasteiger partial charge in [-0.15, -0.1) is 0 Å². The van der Waals surface area contributed by atoms with Crippen molar-refractivity contribution < 1.29 is 66.7 Å². The van der Waals surface area contributed by atoms with Crippen LogP contribution >= 0.6 is 0 Å². The van der Waals surface area contributed by atoms with E-state index in [-0.39, 0.29) is 64.2 Å². The summed E-state index contributed by atoms with van der Waals surface area (Å²) < 4.78 is 36.8. The van der Waals surface area contributed by atoms with Gasteiger partial charge in [0.05, 0.1) is 80.6 Å². The number of aliphatic imine (C=N–C) groups is 3. The molecule has 5 aliphatic heterocycles. The van der Waals surface area contributed by atoms with Gasteiger partial charge in [-0.3, -0.25) is 48.5 Å². The summed E-state index contributed by atoms with van der Waals surface area (Å²) in [7, 11) is 9.21. The lowest BCUT2D eigenvalue weighted by atomic mass is 9.58. The Hall–Kier alpha value is -5.68. The Labute approximate surface area is 411 Å². The molecule has 1 N–H and O–H groups in total. The Bertz CT molecular complexity index is 2340. The Morgan fingerprint density at radius 3 is 1.60 bits per heavy atom. The zero-order valence-corrected chi connectivity index (χ0v) is 43.8. The molecule has 0 amide bonds. The van der Waals surface area contributed by atoms with Crippen molar-refractivity contribution in [3.8, 4) is 0 Å². The van der Waals surface area contributed by atoms with Gasteiger partial charge in [0.15, 0.2) is 0 Å². The molecule has 18 nitrogen and oxygen atoms in total. The molecule has 0 spiro atoms. The number of fused-ring (bicyclic) bond motifs is 6. The van der Waals surface area contributed by atoms with Crippen LogP contribution in [-0.2, 0) is 66.7 Å². The van der Waals surface area contributed by atoms with Crippen LogP contribution < -0.4 is 5.32 Å². The number of rotatable bonds is 18. The van der Waals surface area contributed by atoms with Gasteiger partial charge in [-0.1, -0.05) is 34.6 Å². The Morgan fingerprint density at radius 2 is 1.07 bits per heavy atom. The molecule has 0 radical (unpaired) electrons. The normalized spacial score (nSPS) is 34.8. The van der Waals surface area contributed by atoms with Gasteiger partial charge < -0.3 is 38.5 Å². The molecule has 0 aromatic carbocycles. The maximum absolute atomic E-state index is 14.0. The van der Waals surface area contributed by atoms with Gasteiger partial charge in [-0.2, -0.15) is 0 Å². The fraction of sp³-hybridized carbons (Fsp3) is 0.692. The van der Waals surface area contributed by atoms with E-state index in [1.54, 1.807) is 0 Å². The van der Waals surface area contributed by atoms with Crippen LogP contribution in [0, 0.1) is 45.3 Å². The minimum absolute atomic E-state index is 0.0103. The van der Waals surface area contributed by atoms with E-state index in [1.165, 1.54) is 49.8 Å². The van der Waals surface area contributed by atoms with Crippen molar-refractivity contribution in [2.75, 3.05) is 49.8 Å². The van der Waals surface area contributed by atoms with Gasteiger partial charge in [-0.05, 0) is 63.7 Å². The maximum Gasteiger partial charge on any atom is 0.306 e. The Kier molecular flexibility index (Phi) is 16.9. The number of hydrogen-bond donors (Lipinski definition) is 1. The van der Waals surface area contributed by atoms with Crippen LogP contribution in [0.3, 0.4) is 0 Å². The van der Waals surface area contributed by atoms with Gasteiger partial charge in [0, 0.05) is 105 Å². The summed E-state index contributed by atoms with van der Waals surface area (Å²) in [5.41, 5.74) is -0.483. The molecule has 0 saturated carbocycles. The molecule has 1 saturated heterocycles. The number of esters is 7. The lowest BCUT2D eigenvalue weighted by molar-refractivity contribution is -0.147. The molecule has 0 aromatic rings. The summed E-state index contributed by atoms with van der Waals surface area (Å²) in [6.07, 6.45) is 2.42. The van der Waals surface area contributed by atoms with Crippen molar-refractivity contribution in [2.24, 2.45) is 60.3 Å².